The molecule has 2 aromatic rings. The molecule has 0 fully saturated rings. The molecule has 2 rings (SSSR count). The second kappa shape index (κ2) is 8.85. The number of carbonyl (C=O) groups excluding carboxylic acids is 3. The SMILES string of the molecule is CC(C)N(C(=O)[C@@H](C)OC(=O)Cn1nc(C(N)=O)c2ccccc2c1=O)C(C)C. The summed E-state index contributed by atoms with van der Waals surface area (Å²) >= 11 is 0. The van der Waals surface area contributed by atoms with Gasteiger partial charge < -0.3 is 15.4 Å². The van der Waals surface area contributed by atoms with Gasteiger partial charge in [-0.1, -0.05) is 18.2 Å². The molecule has 0 saturated heterocycles. The van der Waals surface area contributed by atoms with E-state index in [9.17, 15) is 19.2 Å². The lowest BCUT2D eigenvalue weighted by Gasteiger charge is -2.32. The number of aromatic nitrogens is 2. The number of esters is 1. The second-order valence-corrected chi connectivity index (χ2v) is 7.29. The molecular formula is C20H26N4O5. The van der Waals surface area contributed by atoms with E-state index in [4.69, 9.17) is 10.5 Å². The van der Waals surface area contributed by atoms with Crippen molar-refractivity contribution in [3.63, 3.8) is 0 Å². The third kappa shape index (κ3) is 4.79. The third-order valence-electron chi connectivity index (χ3n) is 4.40. The van der Waals surface area contributed by atoms with Crippen LogP contribution in [-0.4, -0.2) is 50.7 Å². The maximum atomic E-state index is 12.6. The molecule has 2 N–H and O–H groups in total. The minimum Gasteiger partial charge on any atom is -0.451 e. The maximum Gasteiger partial charge on any atom is 0.328 e. The Hall–Kier alpha value is -3.23. The molecule has 0 unspecified atom stereocenters. The van der Waals surface area contributed by atoms with Gasteiger partial charge in [-0.2, -0.15) is 5.10 Å². The molecule has 0 radical (unpaired) electrons. The summed E-state index contributed by atoms with van der Waals surface area (Å²) in [5.41, 5.74) is 4.67. The highest BCUT2D eigenvalue weighted by molar-refractivity contribution is 6.04. The normalized spacial score (nSPS) is 12.2. The molecule has 9 heteroatoms. The molecule has 0 aliphatic rings. The molecule has 0 spiro atoms. The van der Waals surface area contributed by atoms with Crippen LogP contribution in [0.1, 0.15) is 45.1 Å². The van der Waals surface area contributed by atoms with Crippen LogP contribution in [0.2, 0.25) is 0 Å². The van der Waals surface area contributed by atoms with E-state index in [1.807, 2.05) is 27.7 Å². The number of nitrogens with two attached hydrogens (primary N) is 1. The molecule has 156 valence electrons. The van der Waals surface area contributed by atoms with Gasteiger partial charge in [-0.15, -0.1) is 0 Å². The van der Waals surface area contributed by atoms with E-state index in [-0.39, 0.29) is 29.1 Å². The van der Waals surface area contributed by atoms with Crippen LogP contribution in [0.15, 0.2) is 29.1 Å². The molecule has 0 saturated carbocycles. The second-order valence-electron chi connectivity index (χ2n) is 7.29. The number of hydrogen-bond acceptors (Lipinski definition) is 6. The zero-order valence-corrected chi connectivity index (χ0v) is 17.2. The molecule has 1 heterocycles. The zero-order valence-electron chi connectivity index (χ0n) is 17.2. The quantitative estimate of drug-likeness (QED) is 0.691. The fourth-order valence-corrected chi connectivity index (χ4v) is 3.25. The summed E-state index contributed by atoms with van der Waals surface area (Å²) in [5, 5.41) is 4.43. The molecular weight excluding hydrogens is 376 g/mol. The number of benzene rings is 1. The highest BCUT2D eigenvalue weighted by Crippen LogP contribution is 2.13. The van der Waals surface area contributed by atoms with Crippen LogP contribution in [0.3, 0.4) is 0 Å². The van der Waals surface area contributed by atoms with Gasteiger partial charge >= 0.3 is 5.97 Å². The monoisotopic (exact) mass is 402 g/mol. The van der Waals surface area contributed by atoms with Crippen molar-refractivity contribution in [1.82, 2.24) is 14.7 Å². The van der Waals surface area contributed by atoms with Crippen LogP contribution < -0.4 is 11.3 Å². The van der Waals surface area contributed by atoms with E-state index >= 15 is 0 Å². The molecule has 1 atom stereocenters. The van der Waals surface area contributed by atoms with Crippen molar-refractivity contribution in [1.29, 1.82) is 0 Å². The largest absolute Gasteiger partial charge is 0.451 e. The smallest absolute Gasteiger partial charge is 0.328 e. The number of rotatable bonds is 7. The van der Waals surface area contributed by atoms with Crippen molar-refractivity contribution < 1.29 is 19.1 Å². The number of hydrogen-bond donors (Lipinski definition) is 1. The van der Waals surface area contributed by atoms with E-state index in [0.717, 1.165) is 4.68 Å². The number of ether oxygens (including phenoxy) is 1. The van der Waals surface area contributed by atoms with Gasteiger partial charge in [0.2, 0.25) is 0 Å². The molecule has 0 aliphatic heterocycles. The average Bonchev–Trinajstić information content (AvgIpc) is 2.63. The van der Waals surface area contributed by atoms with Crippen molar-refractivity contribution in [2.45, 2.75) is 59.4 Å². The first kappa shape index (κ1) is 22.1. The number of primary amides is 1. The standard InChI is InChI=1S/C20H26N4O5/c1-11(2)24(12(3)4)19(27)13(5)29-16(25)10-23-20(28)15-9-7-6-8-14(15)17(22-23)18(21)26/h6-9,11-13H,10H2,1-5H3,(H2,21,26)/t13-/m1/s1. The summed E-state index contributed by atoms with van der Waals surface area (Å²) < 4.78 is 6.04. The van der Waals surface area contributed by atoms with E-state index < -0.39 is 30.1 Å². The van der Waals surface area contributed by atoms with Gasteiger partial charge in [-0.05, 0) is 40.7 Å². The first-order chi connectivity index (χ1) is 13.5. The van der Waals surface area contributed by atoms with Crippen LogP contribution in [-0.2, 0) is 20.9 Å². The summed E-state index contributed by atoms with van der Waals surface area (Å²) in [6.45, 7) is 8.41. The van der Waals surface area contributed by atoms with Gasteiger partial charge in [-0.3, -0.25) is 19.2 Å². The number of carbonyl (C=O) groups is 3. The lowest BCUT2D eigenvalue weighted by Crippen LogP contribution is -2.47. The Morgan fingerprint density at radius 1 is 1.07 bits per heavy atom. The number of fused-ring (bicyclic) bond motifs is 1. The van der Waals surface area contributed by atoms with Crippen molar-refractivity contribution in [2.24, 2.45) is 5.73 Å². The van der Waals surface area contributed by atoms with E-state index in [0.29, 0.717) is 5.39 Å². The van der Waals surface area contributed by atoms with Crippen molar-refractivity contribution >= 4 is 28.6 Å². The molecule has 29 heavy (non-hydrogen) atoms. The summed E-state index contributed by atoms with van der Waals surface area (Å²) in [5.74, 6) is -1.98. The van der Waals surface area contributed by atoms with Gasteiger partial charge in [0.15, 0.2) is 11.8 Å². The Bertz CT molecular complexity index is 988. The third-order valence-corrected chi connectivity index (χ3v) is 4.40. The van der Waals surface area contributed by atoms with Crippen molar-refractivity contribution in [2.75, 3.05) is 0 Å². The fraction of sp³-hybridized carbons (Fsp3) is 0.450. The minimum atomic E-state index is -1.03. The predicted octanol–water partition coefficient (Wildman–Crippen LogP) is 1.07. The topological polar surface area (TPSA) is 125 Å². The summed E-state index contributed by atoms with van der Waals surface area (Å²) in [6.07, 6.45) is -1.03. The zero-order chi connectivity index (χ0) is 21.9. The van der Waals surface area contributed by atoms with Crippen LogP contribution in [0.5, 0.6) is 0 Å². The van der Waals surface area contributed by atoms with Crippen LogP contribution >= 0.6 is 0 Å². The first-order valence-corrected chi connectivity index (χ1v) is 9.35. The van der Waals surface area contributed by atoms with Crippen LogP contribution in [0, 0.1) is 0 Å². The van der Waals surface area contributed by atoms with Gasteiger partial charge in [0.05, 0.1) is 5.39 Å². The Labute approximate surface area is 168 Å². The summed E-state index contributed by atoms with van der Waals surface area (Å²) in [7, 11) is 0. The molecule has 0 bridgehead atoms. The van der Waals surface area contributed by atoms with Gasteiger partial charge in [0.1, 0.15) is 6.54 Å². The number of amides is 2. The number of nitrogens with zero attached hydrogens (tertiary/aromatic N) is 3. The van der Waals surface area contributed by atoms with Crippen molar-refractivity contribution in [3.05, 3.63) is 40.3 Å². The van der Waals surface area contributed by atoms with Crippen molar-refractivity contribution in [3.8, 4) is 0 Å². The lowest BCUT2D eigenvalue weighted by atomic mass is 10.1. The summed E-state index contributed by atoms with van der Waals surface area (Å²) in [6, 6.07) is 6.22. The Morgan fingerprint density at radius 3 is 2.14 bits per heavy atom. The van der Waals surface area contributed by atoms with Gasteiger partial charge in [0.25, 0.3) is 17.4 Å². The van der Waals surface area contributed by atoms with Crippen LogP contribution in [0.25, 0.3) is 10.8 Å². The first-order valence-electron chi connectivity index (χ1n) is 9.35. The Morgan fingerprint density at radius 2 is 1.62 bits per heavy atom. The highest BCUT2D eigenvalue weighted by atomic mass is 16.5. The molecule has 2 amide bonds. The van der Waals surface area contributed by atoms with Gasteiger partial charge in [-0.25, -0.2) is 4.68 Å². The highest BCUT2D eigenvalue weighted by Gasteiger charge is 2.28. The molecule has 1 aromatic carbocycles. The van der Waals surface area contributed by atoms with Gasteiger partial charge in [0, 0.05) is 17.5 Å². The van der Waals surface area contributed by atoms with E-state index in [1.54, 1.807) is 23.1 Å². The average molecular weight is 402 g/mol. The predicted molar refractivity (Wildman–Crippen MR) is 107 cm³/mol. The van der Waals surface area contributed by atoms with E-state index in [1.165, 1.54) is 13.0 Å². The molecule has 9 nitrogen and oxygen atoms in total. The molecule has 1 aromatic heterocycles. The van der Waals surface area contributed by atoms with E-state index in [2.05, 4.69) is 5.10 Å². The van der Waals surface area contributed by atoms with Crippen LogP contribution in [0.4, 0.5) is 0 Å². The Balaban J connectivity index is 2.26. The minimum absolute atomic E-state index is 0.0634. The fourth-order valence-electron chi connectivity index (χ4n) is 3.25. The Kier molecular flexibility index (Phi) is 6.73. The maximum absolute atomic E-state index is 12.6. The lowest BCUT2D eigenvalue weighted by molar-refractivity contribution is -0.161. The summed E-state index contributed by atoms with van der Waals surface area (Å²) in [4.78, 5) is 50.9. The molecule has 0 aliphatic carbocycles.